The van der Waals surface area contributed by atoms with Gasteiger partial charge in [0.2, 0.25) is 0 Å². The van der Waals surface area contributed by atoms with E-state index in [9.17, 15) is 5.11 Å². The van der Waals surface area contributed by atoms with Gasteiger partial charge in [0.15, 0.2) is 0 Å². The summed E-state index contributed by atoms with van der Waals surface area (Å²) >= 11 is 0. The summed E-state index contributed by atoms with van der Waals surface area (Å²) in [4.78, 5) is 0. The number of allylic oxidation sites excluding steroid dienone is 2. The number of aliphatic hydroxyl groups is 1. The Kier molecular flexibility index (Phi) is 6.94. The first-order chi connectivity index (χ1) is 10.8. The molecule has 1 rings (SSSR count). The molecular weight excluding hydrogens is 302 g/mol. The third kappa shape index (κ3) is 6.38. The predicted octanol–water partition coefficient (Wildman–Crippen LogP) is 4.02. The molecule has 1 heterocycles. The van der Waals surface area contributed by atoms with E-state index in [0.717, 1.165) is 25.0 Å². The summed E-state index contributed by atoms with van der Waals surface area (Å²) in [7, 11) is 0. The van der Waals surface area contributed by atoms with Crippen LogP contribution in [0.1, 0.15) is 74.7 Å². The van der Waals surface area contributed by atoms with Gasteiger partial charge < -0.3 is 20.3 Å². The molecule has 24 heavy (non-hydrogen) atoms. The molecule has 3 N–H and O–H groups in total. The maximum Gasteiger partial charge on any atom is 0.114 e. The highest BCUT2D eigenvalue weighted by atomic mass is 16.5. The molecule has 0 aromatic rings. The van der Waals surface area contributed by atoms with E-state index in [1.165, 1.54) is 5.57 Å². The molecule has 0 bridgehead atoms. The zero-order valence-electron chi connectivity index (χ0n) is 17.0. The lowest BCUT2D eigenvalue weighted by atomic mass is 9.74. The first kappa shape index (κ1) is 21.5. The molecule has 1 fully saturated rings. The van der Waals surface area contributed by atoms with Crippen LogP contribution in [0.5, 0.6) is 0 Å². The van der Waals surface area contributed by atoms with Crippen molar-refractivity contribution in [1.29, 1.82) is 0 Å². The van der Waals surface area contributed by atoms with Crippen LogP contribution in [-0.4, -0.2) is 36.1 Å². The fourth-order valence-corrected chi connectivity index (χ4v) is 3.58. The summed E-state index contributed by atoms with van der Waals surface area (Å²) < 4.78 is 12.2. The van der Waals surface area contributed by atoms with Crippen molar-refractivity contribution in [3.8, 4) is 0 Å². The number of hydrogen-bond donors (Lipinski definition) is 2. The standard InChI is InChI=1S/C20H39NO3/c1-14(18(2,3)4)17(19(5,6)13-20(7,8)21)23-12-16-10-9-15(11-22)24-16/h15-16,22H,9-13,21H2,1-8H3/b17-14+. The molecule has 2 unspecified atom stereocenters. The second-order valence-corrected chi connectivity index (χ2v) is 9.70. The lowest BCUT2D eigenvalue weighted by Gasteiger charge is -2.38. The molecule has 4 heteroatoms. The number of aliphatic hydroxyl groups excluding tert-OH is 1. The lowest BCUT2D eigenvalue weighted by Crippen LogP contribution is -2.39. The van der Waals surface area contributed by atoms with Crippen LogP contribution in [0.3, 0.4) is 0 Å². The van der Waals surface area contributed by atoms with Gasteiger partial charge in [0.1, 0.15) is 12.4 Å². The van der Waals surface area contributed by atoms with Crippen molar-refractivity contribution < 1.29 is 14.6 Å². The Balaban J connectivity index is 2.95. The van der Waals surface area contributed by atoms with Crippen molar-refractivity contribution in [3.05, 3.63) is 11.3 Å². The van der Waals surface area contributed by atoms with Crippen molar-refractivity contribution in [2.45, 2.75) is 92.4 Å². The highest BCUT2D eigenvalue weighted by Gasteiger charge is 2.35. The van der Waals surface area contributed by atoms with Crippen molar-refractivity contribution in [2.24, 2.45) is 16.6 Å². The van der Waals surface area contributed by atoms with Gasteiger partial charge in [-0.3, -0.25) is 0 Å². The molecule has 4 nitrogen and oxygen atoms in total. The first-order valence-electron chi connectivity index (χ1n) is 9.16. The highest BCUT2D eigenvalue weighted by molar-refractivity contribution is 5.20. The zero-order chi connectivity index (χ0) is 18.8. The minimum Gasteiger partial charge on any atom is -0.495 e. The average Bonchev–Trinajstić information content (AvgIpc) is 2.82. The van der Waals surface area contributed by atoms with E-state index < -0.39 is 0 Å². The van der Waals surface area contributed by atoms with Gasteiger partial charge in [-0.2, -0.15) is 0 Å². The highest BCUT2D eigenvalue weighted by Crippen LogP contribution is 2.41. The number of nitrogens with two attached hydrogens (primary N) is 1. The summed E-state index contributed by atoms with van der Waals surface area (Å²) in [6.07, 6.45) is 2.71. The van der Waals surface area contributed by atoms with Crippen LogP contribution in [0, 0.1) is 10.8 Å². The Bertz CT molecular complexity index is 441. The fourth-order valence-electron chi connectivity index (χ4n) is 3.58. The van der Waals surface area contributed by atoms with Crippen LogP contribution in [0.25, 0.3) is 0 Å². The van der Waals surface area contributed by atoms with E-state index in [1.807, 2.05) is 0 Å². The Morgan fingerprint density at radius 3 is 2.04 bits per heavy atom. The molecule has 0 aliphatic carbocycles. The average molecular weight is 342 g/mol. The maximum absolute atomic E-state index is 9.22. The van der Waals surface area contributed by atoms with Gasteiger partial charge in [0.25, 0.3) is 0 Å². The molecule has 0 aromatic carbocycles. The minimum absolute atomic E-state index is 0.0364. The predicted molar refractivity (Wildman–Crippen MR) is 99.8 cm³/mol. The van der Waals surface area contributed by atoms with Gasteiger partial charge in [0.05, 0.1) is 18.8 Å². The number of hydrogen-bond acceptors (Lipinski definition) is 4. The summed E-state index contributed by atoms with van der Waals surface area (Å²) in [6.45, 7) is 18.0. The van der Waals surface area contributed by atoms with Crippen molar-refractivity contribution in [1.82, 2.24) is 0 Å². The van der Waals surface area contributed by atoms with Gasteiger partial charge in [-0.25, -0.2) is 0 Å². The number of rotatable bonds is 7. The van der Waals surface area contributed by atoms with Crippen LogP contribution in [0.15, 0.2) is 11.3 Å². The molecule has 1 aliphatic rings. The molecule has 0 aromatic heterocycles. The SMILES string of the molecule is C/C(=C(\OCC1CCC(CO)O1)C(C)(C)CC(C)(C)N)C(C)(C)C. The van der Waals surface area contributed by atoms with Gasteiger partial charge >= 0.3 is 0 Å². The van der Waals surface area contributed by atoms with E-state index in [0.29, 0.717) is 6.61 Å². The molecule has 142 valence electrons. The molecule has 1 aliphatic heterocycles. The molecule has 0 amide bonds. The maximum atomic E-state index is 9.22. The molecular formula is C20H39NO3. The minimum atomic E-state index is -0.262. The smallest absolute Gasteiger partial charge is 0.114 e. The molecule has 0 radical (unpaired) electrons. The second kappa shape index (κ2) is 7.76. The van der Waals surface area contributed by atoms with Crippen LogP contribution < -0.4 is 5.73 Å². The normalized spacial score (nSPS) is 24.1. The molecule has 2 atom stereocenters. The Hall–Kier alpha value is -0.580. The molecule has 0 saturated carbocycles. The van der Waals surface area contributed by atoms with Crippen LogP contribution in [0.4, 0.5) is 0 Å². The topological polar surface area (TPSA) is 64.7 Å². The van der Waals surface area contributed by atoms with Gasteiger partial charge in [-0.1, -0.05) is 34.6 Å². The summed E-state index contributed by atoms with van der Waals surface area (Å²) in [5.74, 6) is 1.03. The van der Waals surface area contributed by atoms with Crippen molar-refractivity contribution >= 4 is 0 Å². The number of ether oxygens (including phenoxy) is 2. The Morgan fingerprint density at radius 1 is 1.08 bits per heavy atom. The summed E-state index contributed by atoms with van der Waals surface area (Å²) in [6, 6.07) is 0. The Morgan fingerprint density at radius 2 is 1.62 bits per heavy atom. The van der Waals surface area contributed by atoms with E-state index in [2.05, 4.69) is 55.4 Å². The third-order valence-corrected chi connectivity index (χ3v) is 4.79. The first-order valence-corrected chi connectivity index (χ1v) is 9.16. The van der Waals surface area contributed by atoms with Crippen LogP contribution in [-0.2, 0) is 9.47 Å². The zero-order valence-corrected chi connectivity index (χ0v) is 17.0. The van der Waals surface area contributed by atoms with Crippen LogP contribution >= 0.6 is 0 Å². The van der Waals surface area contributed by atoms with Crippen molar-refractivity contribution in [2.75, 3.05) is 13.2 Å². The van der Waals surface area contributed by atoms with E-state index in [4.69, 9.17) is 15.2 Å². The monoisotopic (exact) mass is 341 g/mol. The van der Waals surface area contributed by atoms with E-state index in [1.54, 1.807) is 0 Å². The molecule has 0 spiro atoms. The van der Waals surface area contributed by atoms with E-state index in [-0.39, 0.29) is 35.2 Å². The van der Waals surface area contributed by atoms with E-state index >= 15 is 0 Å². The third-order valence-electron chi connectivity index (χ3n) is 4.79. The largest absolute Gasteiger partial charge is 0.495 e. The quantitative estimate of drug-likeness (QED) is 0.687. The van der Waals surface area contributed by atoms with Gasteiger partial charge in [0, 0.05) is 11.0 Å². The summed E-state index contributed by atoms with van der Waals surface area (Å²) in [5, 5.41) is 9.22. The lowest BCUT2D eigenvalue weighted by molar-refractivity contribution is -0.0275. The van der Waals surface area contributed by atoms with Gasteiger partial charge in [-0.15, -0.1) is 0 Å². The van der Waals surface area contributed by atoms with Crippen molar-refractivity contribution in [3.63, 3.8) is 0 Å². The Labute approximate surface area is 148 Å². The summed E-state index contributed by atoms with van der Waals surface area (Å²) in [5.41, 5.74) is 7.18. The second-order valence-electron chi connectivity index (χ2n) is 9.70. The molecule has 1 saturated heterocycles. The van der Waals surface area contributed by atoms with Crippen LogP contribution in [0.2, 0.25) is 0 Å². The van der Waals surface area contributed by atoms with Gasteiger partial charge in [-0.05, 0) is 51.0 Å². The fraction of sp³-hybridized carbons (Fsp3) is 0.900.